The van der Waals surface area contributed by atoms with Gasteiger partial charge in [-0.25, -0.2) is 0 Å². The normalized spacial score (nSPS) is 10.6. The highest BCUT2D eigenvalue weighted by molar-refractivity contribution is 5.95. The number of hydrogen-bond acceptors (Lipinski definition) is 3. The van der Waals surface area contributed by atoms with Gasteiger partial charge in [0.1, 0.15) is 5.75 Å². The van der Waals surface area contributed by atoms with Crippen LogP contribution in [0.2, 0.25) is 0 Å². The van der Waals surface area contributed by atoms with Crippen LogP contribution in [0.4, 0.5) is 11.4 Å². The van der Waals surface area contributed by atoms with Crippen molar-refractivity contribution in [2.24, 2.45) is 0 Å². The molecule has 0 aromatic heterocycles. The van der Waals surface area contributed by atoms with E-state index in [4.69, 9.17) is 4.74 Å². The van der Waals surface area contributed by atoms with Gasteiger partial charge in [-0.1, -0.05) is 24.3 Å². The van der Waals surface area contributed by atoms with Crippen LogP contribution in [-0.4, -0.2) is 25.6 Å². The molecule has 4 nitrogen and oxygen atoms in total. The number of aryl methyl sites for hydroxylation is 2. The van der Waals surface area contributed by atoms with Gasteiger partial charge in [0, 0.05) is 11.7 Å². The number of amides is 1. The first kappa shape index (κ1) is 17.9. The fraction of sp³-hybridized carbons (Fsp3) is 0.350. The van der Waals surface area contributed by atoms with Gasteiger partial charge in [0.25, 0.3) is 0 Å². The zero-order valence-electron chi connectivity index (χ0n) is 15.1. The zero-order valence-corrected chi connectivity index (χ0v) is 15.1. The van der Waals surface area contributed by atoms with Gasteiger partial charge < -0.3 is 15.0 Å². The van der Waals surface area contributed by atoms with E-state index in [0.29, 0.717) is 18.0 Å². The molecule has 2 rings (SSSR count). The van der Waals surface area contributed by atoms with E-state index in [9.17, 15) is 4.79 Å². The third kappa shape index (κ3) is 4.28. The minimum absolute atomic E-state index is 0.0594. The van der Waals surface area contributed by atoms with Crippen molar-refractivity contribution >= 4 is 17.3 Å². The number of benzene rings is 2. The van der Waals surface area contributed by atoms with Gasteiger partial charge in [0.05, 0.1) is 19.3 Å². The van der Waals surface area contributed by atoms with E-state index in [-0.39, 0.29) is 11.9 Å². The molecular formula is C20H26N2O2. The van der Waals surface area contributed by atoms with Crippen LogP contribution >= 0.6 is 0 Å². The zero-order chi connectivity index (χ0) is 17.7. The molecular weight excluding hydrogens is 300 g/mol. The van der Waals surface area contributed by atoms with E-state index in [1.165, 1.54) is 0 Å². The summed E-state index contributed by atoms with van der Waals surface area (Å²) in [5.74, 6) is 0.608. The standard InChI is InChI=1S/C20H26N2O2/c1-14(2)22(18-9-7-6-8-16(18)4)13-20(23)21-17-12-15(3)10-11-19(17)24-5/h6-12,14H,13H2,1-5H3,(H,21,23). The second-order valence-corrected chi connectivity index (χ2v) is 6.26. The first-order valence-electron chi connectivity index (χ1n) is 8.19. The van der Waals surface area contributed by atoms with Crippen LogP contribution in [0.15, 0.2) is 42.5 Å². The van der Waals surface area contributed by atoms with Crippen molar-refractivity contribution in [2.75, 3.05) is 23.9 Å². The molecule has 0 saturated carbocycles. The predicted molar refractivity (Wildman–Crippen MR) is 100 cm³/mol. The van der Waals surface area contributed by atoms with Crippen LogP contribution in [0.3, 0.4) is 0 Å². The number of nitrogens with one attached hydrogen (secondary N) is 1. The molecule has 0 aliphatic carbocycles. The largest absolute Gasteiger partial charge is 0.495 e. The van der Waals surface area contributed by atoms with Gasteiger partial charge in [0.2, 0.25) is 5.91 Å². The molecule has 1 amide bonds. The molecule has 0 atom stereocenters. The summed E-state index contributed by atoms with van der Waals surface area (Å²) < 4.78 is 5.33. The van der Waals surface area contributed by atoms with Gasteiger partial charge in [-0.3, -0.25) is 4.79 Å². The fourth-order valence-electron chi connectivity index (χ4n) is 2.70. The van der Waals surface area contributed by atoms with Gasteiger partial charge >= 0.3 is 0 Å². The fourth-order valence-corrected chi connectivity index (χ4v) is 2.70. The Morgan fingerprint density at radius 1 is 1.17 bits per heavy atom. The Morgan fingerprint density at radius 3 is 2.50 bits per heavy atom. The van der Waals surface area contributed by atoms with E-state index in [1.807, 2.05) is 37.3 Å². The molecule has 0 unspecified atom stereocenters. The predicted octanol–water partition coefficient (Wildman–Crippen LogP) is 4.17. The molecule has 0 heterocycles. The number of rotatable bonds is 6. The molecule has 0 saturated heterocycles. The lowest BCUT2D eigenvalue weighted by Gasteiger charge is -2.30. The average Bonchev–Trinajstić information content (AvgIpc) is 2.53. The van der Waals surface area contributed by atoms with Crippen LogP contribution < -0.4 is 15.0 Å². The monoisotopic (exact) mass is 326 g/mol. The van der Waals surface area contributed by atoms with Crippen LogP contribution in [0.5, 0.6) is 5.75 Å². The topological polar surface area (TPSA) is 41.6 Å². The van der Waals surface area contributed by atoms with Gasteiger partial charge in [-0.05, 0) is 57.0 Å². The molecule has 0 spiro atoms. The van der Waals surface area contributed by atoms with Gasteiger partial charge in [-0.15, -0.1) is 0 Å². The maximum absolute atomic E-state index is 12.6. The van der Waals surface area contributed by atoms with Crippen LogP contribution in [0.1, 0.15) is 25.0 Å². The molecule has 2 aromatic rings. The van der Waals surface area contributed by atoms with Crippen molar-refractivity contribution < 1.29 is 9.53 Å². The van der Waals surface area contributed by atoms with Crippen molar-refractivity contribution in [1.82, 2.24) is 0 Å². The van der Waals surface area contributed by atoms with E-state index < -0.39 is 0 Å². The van der Waals surface area contributed by atoms with E-state index in [2.05, 4.69) is 43.1 Å². The lowest BCUT2D eigenvalue weighted by molar-refractivity contribution is -0.115. The highest BCUT2D eigenvalue weighted by Crippen LogP contribution is 2.26. The molecule has 0 radical (unpaired) electrons. The van der Waals surface area contributed by atoms with Gasteiger partial charge in [-0.2, -0.15) is 0 Å². The quantitative estimate of drug-likeness (QED) is 0.866. The minimum Gasteiger partial charge on any atom is -0.495 e. The summed E-state index contributed by atoms with van der Waals surface area (Å²) in [6.45, 7) is 8.52. The van der Waals surface area contributed by atoms with Crippen LogP contribution in [-0.2, 0) is 4.79 Å². The molecule has 0 bridgehead atoms. The molecule has 0 aliphatic heterocycles. The number of ether oxygens (including phenoxy) is 1. The third-order valence-electron chi connectivity index (χ3n) is 3.99. The summed E-state index contributed by atoms with van der Waals surface area (Å²) in [6, 6.07) is 14.1. The summed E-state index contributed by atoms with van der Waals surface area (Å²) in [6.07, 6.45) is 0. The van der Waals surface area contributed by atoms with E-state index in [0.717, 1.165) is 16.8 Å². The summed E-state index contributed by atoms with van der Waals surface area (Å²) in [4.78, 5) is 14.7. The number of carbonyl (C=O) groups is 1. The van der Waals surface area contributed by atoms with Crippen LogP contribution in [0.25, 0.3) is 0 Å². The minimum atomic E-state index is -0.0594. The number of para-hydroxylation sites is 1. The highest BCUT2D eigenvalue weighted by Gasteiger charge is 2.17. The van der Waals surface area contributed by atoms with E-state index >= 15 is 0 Å². The van der Waals surface area contributed by atoms with Crippen molar-refractivity contribution in [3.63, 3.8) is 0 Å². The Labute approximate surface area is 144 Å². The Balaban J connectivity index is 2.18. The first-order valence-corrected chi connectivity index (χ1v) is 8.19. The van der Waals surface area contributed by atoms with E-state index in [1.54, 1.807) is 7.11 Å². The lowest BCUT2D eigenvalue weighted by Crippen LogP contribution is -2.38. The molecule has 128 valence electrons. The average molecular weight is 326 g/mol. The number of nitrogens with zero attached hydrogens (tertiary/aromatic N) is 1. The number of hydrogen-bond donors (Lipinski definition) is 1. The molecule has 0 fully saturated rings. The molecule has 1 N–H and O–H groups in total. The van der Waals surface area contributed by atoms with Crippen molar-refractivity contribution in [2.45, 2.75) is 33.7 Å². The molecule has 4 heteroatoms. The Bertz CT molecular complexity index is 711. The second-order valence-electron chi connectivity index (χ2n) is 6.26. The summed E-state index contributed by atoms with van der Waals surface area (Å²) in [5.41, 5.74) is 4.02. The van der Waals surface area contributed by atoms with Crippen molar-refractivity contribution in [1.29, 1.82) is 0 Å². The molecule has 24 heavy (non-hydrogen) atoms. The van der Waals surface area contributed by atoms with Crippen molar-refractivity contribution in [3.05, 3.63) is 53.6 Å². The maximum Gasteiger partial charge on any atom is 0.244 e. The number of methoxy groups -OCH3 is 1. The number of carbonyl (C=O) groups excluding carboxylic acids is 1. The smallest absolute Gasteiger partial charge is 0.244 e. The van der Waals surface area contributed by atoms with Crippen LogP contribution in [0, 0.1) is 13.8 Å². The summed E-state index contributed by atoms with van der Waals surface area (Å²) in [7, 11) is 1.61. The molecule has 0 aliphatic rings. The Kier molecular flexibility index (Phi) is 5.85. The summed E-state index contributed by atoms with van der Waals surface area (Å²) in [5, 5.41) is 2.97. The summed E-state index contributed by atoms with van der Waals surface area (Å²) >= 11 is 0. The Hall–Kier alpha value is -2.49. The van der Waals surface area contributed by atoms with Gasteiger partial charge in [0.15, 0.2) is 0 Å². The highest BCUT2D eigenvalue weighted by atomic mass is 16.5. The molecule has 2 aromatic carbocycles. The maximum atomic E-state index is 12.6. The Morgan fingerprint density at radius 2 is 1.88 bits per heavy atom. The second kappa shape index (κ2) is 7.86. The third-order valence-corrected chi connectivity index (χ3v) is 3.99. The van der Waals surface area contributed by atoms with Crippen molar-refractivity contribution in [3.8, 4) is 5.75 Å². The lowest BCUT2D eigenvalue weighted by atomic mass is 10.1. The number of anilines is 2. The first-order chi connectivity index (χ1) is 11.4. The SMILES string of the molecule is COc1ccc(C)cc1NC(=O)CN(c1ccccc1C)C(C)C.